The van der Waals surface area contributed by atoms with Crippen molar-refractivity contribution in [2.75, 3.05) is 5.75 Å². The van der Waals surface area contributed by atoms with Crippen molar-refractivity contribution in [2.45, 2.75) is 30.9 Å². The molecule has 0 radical (unpaired) electrons. The third-order valence-corrected chi connectivity index (χ3v) is 5.71. The molecule has 1 atom stereocenters. The van der Waals surface area contributed by atoms with E-state index in [1.165, 1.54) is 24.3 Å². The minimum absolute atomic E-state index is 0.172. The lowest BCUT2D eigenvalue weighted by Gasteiger charge is -2.07. The Kier molecular flexibility index (Phi) is 5.26. The number of esters is 1. The summed E-state index contributed by atoms with van der Waals surface area (Å²) in [5.74, 6) is 1.69. The van der Waals surface area contributed by atoms with Gasteiger partial charge in [-0.2, -0.15) is 0 Å². The van der Waals surface area contributed by atoms with Crippen molar-refractivity contribution in [1.82, 2.24) is 0 Å². The first-order chi connectivity index (χ1) is 8.74. The number of ether oxygens (including phenoxy) is 1. The summed E-state index contributed by atoms with van der Waals surface area (Å²) in [6.07, 6.45) is 3.68. The van der Waals surface area contributed by atoms with Crippen LogP contribution >= 0.6 is 21.6 Å². The molecule has 1 aromatic rings. The van der Waals surface area contributed by atoms with Crippen LogP contribution in [0.5, 0.6) is 11.5 Å². The Morgan fingerprint density at radius 2 is 2.17 bits per heavy atom. The Labute approximate surface area is 115 Å². The van der Waals surface area contributed by atoms with Crippen LogP contribution in [0.15, 0.2) is 24.3 Å². The molecule has 1 aromatic carbocycles. The number of carbonyl (C=O) groups is 1. The van der Waals surface area contributed by atoms with Crippen molar-refractivity contribution in [3.63, 3.8) is 0 Å². The number of rotatable bonds is 5. The molecule has 0 spiro atoms. The van der Waals surface area contributed by atoms with Gasteiger partial charge in [-0.05, 0) is 43.5 Å². The van der Waals surface area contributed by atoms with Crippen molar-refractivity contribution >= 4 is 27.6 Å². The molecule has 1 saturated heterocycles. The average Bonchev–Trinajstić information content (AvgIpc) is 2.85. The van der Waals surface area contributed by atoms with Gasteiger partial charge in [-0.25, -0.2) is 0 Å². The molecule has 0 amide bonds. The first kappa shape index (κ1) is 13.6. The van der Waals surface area contributed by atoms with Crippen molar-refractivity contribution in [1.29, 1.82) is 0 Å². The third kappa shape index (κ3) is 4.46. The molecule has 1 heterocycles. The second kappa shape index (κ2) is 6.95. The van der Waals surface area contributed by atoms with Crippen molar-refractivity contribution < 1.29 is 14.6 Å². The lowest BCUT2D eigenvalue weighted by molar-refractivity contribution is -0.134. The summed E-state index contributed by atoms with van der Waals surface area (Å²) in [4.78, 5) is 11.6. The van der Waals surface area contributed by atoms with E-state index in [-0.39, 0.29) is 11.7 Å². The fraction of sp³-hybridized carbons (Fsp3) is 0.462. The highest BCUT2D eigenvalue weighted by atomic mass is 33.1. The summed E-state index contributed by atoms with van der Waals surface area (Å²) < 4.78 is 5.17. The van der Waals surface area contributed by atoms with Gasteiger partial charge in [-0.1, -0.05) is 21.6 Å². The highest BCUT2D eigenvalue weighted by molar-refractivity contribution is 8.77. The van der Waals surface area contributed by atoms with Gasteiger partial charge in [0, 0.05) is 17.4 Å². The first-order valence-corrected chi connectivity index (χ1v) is 8.40. The second-order valence-corrected chi connectivity index (χ2v) is 6.98. The maximum absolute atomic E-state index is 11.6. The molecule has 0 aromatic heterocycles. The molecule has 1 unspecified atom stereocenters. The lowest BCUT2D eigenvalue weighted by atomic mass is 10.1. The van der Waals surface area contributed by atoms with Gasteiger partial charge in [0.2, 0.25) is 0 Å². The molecular formula is C13H16O3S2. The highest BCUT2D eigenvalue weighted by Crippen LogP contribution is 2.39. The zero-order valence-corrected chi connectivity index (χ0v) is 11.6. The Bertz CT molecular complexity index is 386. The van der Waals surface area contributed by atoms with Crippen LogP contribution in [0.2, 0.25) is 0 Å². The van der Waals surface area contributed by atoms with Crippen LogP contribution in [-0.2, 0) is 4.79 Å². The number of hydrogen-bond donors (Lipinski definition) is 1. The van der Waals surface area contributed by atoms with Crippen LogP contribution in [0.25, 0.3) is 0 Å². The molecule has 1 aliphatic rings. The number of carbonyl (C=O) groups excluding carboxylic acids is 1. The van der Waals surface area contributed by atoms with Gasteiger partial charge in [-0.15, -0.1) is 0 Å². The minimum Gasteiger partial charge on any atom is -0.508 e. The van der Waals surface area contributed by atoms with Crippen LogP contribution in [0, 0.1) is 0 Å². The van der Waals surface area contributed by atoms with E-state index < -0.39 is 0 Å². The molecule has 0 bridgehead atoms. The van der Waals surface area contributed by atoms with Crippen LogP contribution in [0.4, 0.5) is 0 Å². The highest BCUT2D eigenvalue weighted by Gasteiger charge is 2.16. The molecular weight excluding hydrogens is 268 g/mol. The van der Waals surface area contributed by atoms with Gasteiger partial charge in [0.25, 0.3) is 0 Å². The standard InChI is InChI=1S/C13H16O3S2/c14-10-4-6-11(7-5-10)16-13(15)3-1-2-12-8-9-17-18-12/h4-7,12,14H,1-3,8-9H2. The molecule has 98 valence electrons. The van der Waals surface area contributed by atoms with E-state index in [2.05, 4.69) is 0 Å². The number of phenolic OH excluding ortho intramolecular Hbond substituents is 1. The number of hydrogen-bond acceptors (Lipinski definition) is 5. The van der Waals surface area contributed by atoms with Gasteiger partial charge in [0.15, 0.2) is 0 Å². The predicted octanol–water partition coefficient (Wildman–Crippen LogP) is 3.62. The quantitative estimate of drug-likeness (QED) is 0.508. The van der Waals surface area contributed by atoms with Crippen LogP contribution < -0.4 is 4.74 Å². The molecule has 18 heavy (non-hydrogen) atoms. The maximum atomic E-state index is 11.6. The molecule has 5 heteroatoms. The van der Waals surface area contributed by atoms with E-state index in [0.717, 1.165) is 12.8 Å². The van der Waals surface area contributed by atoms with Gasteiger partial charge in [-0.3, -0.25) is 4.79 Å². The molecule has 1 N–H and O–H groups in total. The molecule has 1 fully saturated rings. The van der Waals surface area contributed by atoms with Gasteiger partial charge < -0.3 is 9.84 Å². The van der Waals surface area contributed by atoms with E-state index in [4.69, 9.17) is 9.84 Å². The Balaban J connectivity index is 1.66. The number of phenols is 1. The summed E-state index contributed by atoms with van der Waals surface area (Å²) in [5.41, 5.74) is 0. The largest absolute Gasteiger partial charge is 0.508 e. The summed E-state index contributed by atoms with van der Waals surface area (Å²) >= 11 is 0. The van der Waals surface area contributed by atoms with E-state index >= 15 is 0 Å². The molecule has 0 aliphatic carbocycles. The predicted molar refractivity (Wildman–Crippen MR) is 76.0 cm³/mol. The van der Waals surface area contributed by atoms with Gasteiger partial charge in [0.1, 0.15) is 11.5 Å². The van der Waals surface area contributed by atoms with E-state index in [0.29, 0.717) is 17.4 Å². The minimum atomic E-state index is -0.198. The zero-order chi connectivity index (χ0) is 12.8. The summed E-state index contributed by atoms with van der Waals surface area (Å²) in [6, 6.07) is 6.21. The first-order valence-electron chi connectivity index (χ1n) is 6.02. The number of benzene rings is 1. The monoisotopic (exact) mass is 284 g/mol. The topological polar surface area (TPSA) is 46.5 Å². The molecule has 2 rings (SSSR count). The summed E-state index contributed by atoms with van der Waals surface area (Å²) in [5, 5.41) is 9.81. The molecule has 0 saturated carbocycles. The Hall–Kier alpha value is -0.810. The maximum Gasteiger partial charge on any atom is 0.311 e. The van der Waals surface area contributed by atoms with Crippen LogP contribution in [-0.4, -0.2) is 22.1 Å². The normalized spacial score (nSPS) is 18.8. The average molecular weight is 284 g/mol. The molecule has 1 aliphatic heterocycles. The van der Waals surface area contributed by atoms with E-state index in [1.807, 2.05) is 21.6 Å². The van der Waals surface area contributed by atoms with Crippen molar-refractivity contribution in [3.8, 4) is 11.5 Å². The lowest BCUT2D eigenvalue weighted by Crippen LogP contribution is -2.08. The van der Waals surface area contributed by atoms with E-state index in [1.54, 1.807) is 12.1 Å². The fourth-order valence-electron chi connectivity index (χ4n) is 1.74. The van der Waals surface area contributed by atoms with Crippen molar-refractivity contribution in [2.24, 2.45) is 0 Å². The zero-order valence-electron chi connectivity index (χ0n) is 10.0. The second-order valence-electron chi connectivity index (χ2n) is 4.19. The van der Waals surface area contributed by atoms with E-state index in [9.17, 15) is 4.79 Å². The van der Waals surface area contributed by atoms with Gasteiger partial charge >= 0.3 is 5.97 Å². The molecule has 3 nitrogen and oxygen atoms in total. The third-order valence-electron chi connectivity index (χ3n) is 2.70. The van der Waals surface area contributed by atoms with Gasteiger partial charge in [0.05, 0.1) is 0 Å². The van der Waals surface area contributed by atoms with Crippen LogP contribution in [0.1, 0.15) is 25.7 Å². The fourth-order valence-corrected chi connectivity index (χ4v) is 4.76. The SMILES string of the molecule is O=C(CCCC1CCSS1)Oc1ccc(O)cc1. The number of aromatic hydroxyl groups is 1. The van der Waals surface area contributed by atoms with Crippen LogP contribution in [0.3, 0.4) is 0 Å². The summed E-state index contributed by atoms with van der Waals surface area (Å²) in [7, 11) is 3.86. The van der Waals surface area contributed by atoms with Crippen molar-refractivity contribution in [3.05, 3.63) is 24.3 Å². The summed E-state index contributed by atoms with van der Waals surface area (Å²) in [6.45, 7) is 0. The smallest absolute Gasteiger partial charge is 0.311 e. The Morgan fingerprint density at radius 1 is 1.39 bits per heavy atom. The Morgan fingerprint density at radius 3 is 2.83 bits per heavy atom.